The topological polar surface area (TPSA) is 23.5 Å². The summed E-state index contributed by atoms with van der Waals surface area (Å²) in [6, 6.07) is 5.51. The first-order chi connectivity index (χ1) is 7.74. The highest BCUT2D eigenvalue weighted by Crippen LogP contribution is 2.29. The van der Waals surface area contributed by atoms with Crippen LogP contribution in [-0.2, 0) is 6.61 Å². The van der Waals surface area contributed by atoms with Crippen LogP contribution in [0.3, 0.4) is 0 Å². The Morgan fingerprint density at radius 3 is 2.38 bits per heavy atom. The average molecular weight is 238 g/mol. The molecule has 0 amide bonds. The van der Waals surface area contributed by atoms with Crippen molar-refractivity contribution in [2.45, 2.75) is 6.61 Å². The highest BCUT2D eigenvalue weighted by Gasteiger charge is 2.12. The molecule has 0 bridgehead atoms. The second-order valence-electron chi connectivity index (χ2n) is 3.39. The van der Waals surface area contributed by atoms with Crippen LogP contribution in [0.1, 0.15) is 5.56 Å². The third kappa shape index (κ3) is 2.87. The summed E-state index contributed by atoms with van der Waals surface area (Å²) in [5.41, 5.74) is 1.67. The van der Waals surface area contributed by atoms with Crippen molar-refractivity contribution in [3.05, 3.63) is 54.1 Å². The van der Waals surface area contributed by atoms with E-state index in [-0.39, 0.29) is 6.61 Å². The van der Waals surface area contributed by atoms with Crippen LogP contribution in [0.5, 0.6) is 0 Å². The molecule has 0 atom stereocenters. The molecule has 1 aromatic rings. The van der Waals surface area contributed by atoms with Crippen LogP contribution in [0.25, 0.3) is 0 Å². The van der Waals surface area contributed by atoms with E-state index in [0.717, 1.165) is 11.3 Å². The van der Waals surface area contributed by atoms with E-state index < -0.39 is 0 Å². The first kappa shape index (κ1) is 12.8. The molecule has 0 heterocycles. The van der Waals surface area contributed by atoms with Crippen LogP contribution in [-0.4, -0.2) is 18.2 Å². The van der Waals surface area contributed by atoms with Gasteiger partial charge in [0.1, 0.15) is 0 Å². The van der Waals surface area contributed by atoms with Crippen molar-refractivity contribution >= 4 is 17.3 Å². The first-order valence-electron chi connectivity index (χ1n) is 5.09. The van der Waals surface area contributed by atoms with Crippen LogP contribution in [0, 0.1) is 0 Å². The maximum absolute atomic E-state index is 9.29. The van der Waals surface area contributed by atoms with Gasteiger partial charge in [-0.25, -0.2) is 0 Å². The number of hydrogen-bond donors (Lipinski definition) is 1. The Labute approximate surface area is 101 Å². The molecule has 1 N–H and O–H groups in total. The van der Waals surface area contributed by atoms with Crippen molar-refractivity contribution in [1.82, 2.24) is 0 Å². The van der Waals surface area contributed by atoms with Gasteiger partial charge in [-0.15, -0.1) is 13.2 Å². The number of halogens is 1. The van der Waals surface area contributed by atoms with Gasteiger partial charge in [0.25, 0.3) is 0 Å². The van der Waals surface area contributed by atoms with Crippen molar-refractivity contribution in [3.8, 4) is 0 Å². The molecule has 0 fully saturated rings. The van der Waals surface area contributed by atoms with Gasteiger partial charge in [-0.1, -0.05) is 35.9 Å². The molecule has 86 valence electrons. The van der Waals surface area contributed by atoms with Crippen LogP contribution < -0.4 is 4.90 Å². The lowest BCUT2D eigenvalue weighted by Gasteiger charge is -2.25. The minimum Gasteiger partial charge on any atom is -0.392 e. The molecule has 0 aromatic heterocycles. The molecule has 2 nitrogen and oxygen atoms in total. The lowest BCUT2D eigenvalue weighted by Crippen LogP contribution is -2.24. The lowest BCUT2D eigenvalue weighted by molar-refractivity contribution is 0.282. The van der Waals surface area contributed by atoms with Gasteiger partial charge < -0.3 is 10.0 Å². The Hall–Kier alpha value is -1.25. The van der Waals surface area contributed by atoms with Crippen LogP contribution in [0.15, 0.2) is 43.5 Å². The second kappa shape index (κ2) is 6.36. The van der Waals surface area contributed by atoms with E-state index >= 15 is 0 Å². The molecular formula is C13H16ClNO. The molecule has 0 unspecified atom stereocenters. The first-order valence-corrected chi connectivity index (χ1v) is 5.47. The maximum Gasteiger partial charge on any atom is 0.0702 e. The predicted molar refractivity (Wildman–Crippen MR) is 70.0 cm³/mol. The number of para-hydroxylation sites is 1. The zero-order valence-corrected chi connectivity index (χ0v) is 9.95. The summed E-state index contributed by atoms with van der Waals surface area (Å²) < 4.78 is 0. The fourth-order valence-corrected chi connectivity index (χ4v) is 1.92. The number of hydrogen-bond acceptors (Lipinski definition) is 2. The fraction of sp³-hybridized carbons (Fsp3) is 0.231. The number of nitrogens with zero attached hydrogens (tertiary/aromatic N) is 1. The van der Waals surface area contributed by atoms with Gasteiger partial charge in [-0.3, -0.25) is 0 Å². The van der Waals surface area contributed by atoms with Gasteiger partial charge in [0.05, 0.1) is 17.3 Å². The van der Waals surface area contributed by atoms with Crippen molar-refractivity contribution in [1.29, 1.82) is 0 Å². The van der Waals surface area contributed by atoms with Crippen LogP contribution in [0.2, 0.25) is 5.02 Å². The monoisotopic (exact) mass is 237 g/mol. The van der Waals surface area contributed by atoms with Gasteiger partial charge in [0, 0.05) is 18.7 Å². The third-order valence-electron chi connectivity index (χ3n) is 2.26. The number of rotatable bonds is 6. The zero-order valence-electron chi connectivity index (χ0n) is 9.19. The van der Waals surface area contributed by atoms with Crippen LogP contribution in [0.4, 0.5) is 5.69 Å². The Morgan fingerprint density at radius 2 is 1.88 bits per heavy atom. The van der Waals surface area contributed by atoms with Crippen LogP contribution >= 0.6 is 11.6 Å². The molecule has 0 aliphatic heterocycles. The summed E-state index contributed by atoms with van der Waals surface area (Å²) in [4.78, 5) is 2.02. The number of aliphatic hydroxyl groups is 1. The highest BCUT2D eigenvalue weighted by atomic mass is 35.5. The predicted octanol–water partition coefficient (Wildman–Crippen LogP) is 3.01. The number of anilines is 1. The second-order valence-corrected chi connectivity index (χ2v) is 3.80. The van der Waals surface area contributed by atoms with E-state index in [1.807, 2.05) is 23.1 Å². The molecule has 3 heteroatoms. The number of benzene rings is 1. The maximum atomic E-state index is 9.29. The van der Waals surface area contributed by atoms with Gasteiger partial charge in [-0.2, -0.15) is 0 Å². The normalized spacial score (nSPS) is 9.88. The summed E-state index contributed by atoms with van der Waals surface area (Å²) in [6.45, 7) is 8.74. The third-order valence-corrected chi connectivity index (χ3v) is 2.56. The molecule has 0 spiro atoms. The van der Waals surface area contributed by atoms with Gasteiger partial charge >= 0.3 is 0 Å². The van der Waals surface area contributed by atoms with Crippen molar-refractivity contribution in [2.24, 2.45) is 0 Å². The molecule has 16 heavy (non-hydrogen) atoms. The van der Waals surface area contributed by atoms with Gasteiger partial charge in [0.15, 0.2) is 0 Å². The molecule has 0 saturated heterocycles. The van der Waals surface area contributed by atoms with Crippen molar-refractivity contribution in [3.63, 3.8) is 0 Å². The van der Waals surface area contributed by atoms with E-state index in [9.17, 15) is 5.11 Å². The van der Waals surface area contributed by atoms with E-state index in [4.69, 9.17) is 11.6 Å². The average Bonchev–Trinajstić information content (AvgIpc) is 2.28. The number of aliphatic hydroxyl groups excluding tert-OH is 1. The summed E-state index contributed by atoms with van der Waals surface area (Å²) in [7, 11) is 0. The molecule has 1 aromatic carbocycles. The molecule has 0 aliphatic carbocycles. The summed E-state index contributed by atoms with van der Waals surface area (Å²) in [6.07, 6.45) is 3.60. The minimum absolute atomic E-state index is 0.0271. The molecule has 0 aliphatic rings. The van der Waals surface area contributed by atoms with E-state index in [1.54, 1.807) is 12.2 Å². The quantitative estimate of drug-likeness (QED) is 0.769. The Kier molecular flexibility index (Phi) is 5.09. The summed E-state index contributed by atoms with van der Waals surface area (Å²) >= 11 is 6.15. The van der Waals surface area contributed by atoms with E-state index in [1.165, 1.54) is 0 Å². The smallest absolute Gasteiger partial charge is 0.0702 e. The standard InChI is InChI=1S/C13H16ClNO/c1-3-8-15(9-4-2)13-11(10-16)6-5-7-12(13)14/h3-7,16H,1-2,8-10H2. The molecule has 0 radical (unpaired) electrons. The molecule has 1 rings (SSSR count). The Balaban J connectivity index is 3.14. The fourth-order valence-electron chi connectivity index (χ4n) is 1.61. The van der Waals surface area contributed by atoms with E-state index in [2.05, 4.69) is 13.2 Å². The molecular weight excluding hydrogens is 222 g/mol. The molecule has 0 saturated carbocycles. The summed E-state index contributed by atoms with van der Waals surface area (Å²) in [5, 5.41) is 9.93. The van der Waals surface area contributed by atoms with Gasteiger partial charge in [0.2, 0.25) is 0 Å². The lowest BCUT2D eigenvalue weighted by atomic mass is 10.1. The SMILES string of the molecule is C=CCN(CC=C)c1c(Cl)cccc1CO. The Bertz CT molecular complexity index is 366. The minimum atomic E-state index is -0.0271. The summed E-state index contributed by atoms with van der Waals surface area (Å²) in [5.74, 6) is 0. The largest absolute Gasteiger partial charge is 0.392 e. The van der Waals surface area contributed by atoms with Crippen molar-refractivity contribution in [2.75, 3.05) is 18.0 Å². The van der Waals surface area contributed by atoms with E-state index in [0.29, 0.717) is 18.1 Å². The zero-order chi connectivity index (χ0) is 12.0. The van der Waals surface area contributed by atoms with Gasteiger partial charge in [-0.05, 0) is 6.07 Å². The van der Waals surface area contributed by atoms with Crippen molar-refractivity contribution < 1.29 is 5.11 Å². The Morgan fingerprint density at radius 1 is 1.25 bits per heavy atom. The highest BCUT2D eigenvalue weighted by molar-refractivity contribution is 6.33.